The van der Waals surface area contributed by atoms with Gasteiger partial charge in [0.15, 0.2) is 0 Å². The fraction of sp³-hybridized carbons (Fsp3) is 0.562. The van der Waals surface area contributed by atoms with Crippen LogP contribution in [0.4, 0.5) is 4.79 Å². The van der Waals surface area contributed by atoms with Crippen LogP contribution in [-0.2, 0) is 11.2 Å². The maximum Gasteiger partial charge on any atom is 0.410 e. The number of fused-ring (bicyclic) bond motifs is 1. The Bertz CT molecular complexity index is 508. The van der Waals surface area contributed by atoms with E-state index >= 15 is 0 Å². The summed E-state index contributed by atoms with van der Waals surface area (Å²) >= 11 is 1.77. The lowest BCUT2D eigenvalue weighted by molar-refractivity contribution is 0.0159. The quantitative estimate of drug-likeness (QED) is 0.724. The Balaban J connectivity index is 2.24. The average Bonchev–Trinajstić information content (AvgIpc) is 2.36. The third kappa shape index (κ3) is 3.11. The van der Waals surface area contributed by atoms with E-state index < -0.39 is 5.60 Å². The molecule has 0 aliphatic carbocycles. The molecule has 4 heteroatoms. The second-order valence-electron chi connectivity index (χ2n) is 6.13. The zero-order valence-electron chi connectivity index (χ0n) is 12.9. The maximum atomic E-state index is 12.3. The summed E-state index contributed by atoms with van der Waals surface area (Å²) in [4.78, 5) is 15.4. The number of nitrogens with zero attached hydrogens (tertiary/aromatic N) is 1. The number of hydrogen-bond donors (Lipinski definition) is 0. The van der Waals surface area contributed by atoms with E-state index in [1.165, 1.54) is 16.0 Å². The van der Waals surface area contributed by atoms with E-state index in [1.807, 2.05) is 25.7 Å². The Morgan fingerprint density at radius 1 is 1.40 bits per heavy atom. The van der Waals surface area contributed by atoms with Crippen molar-refractivity contribution in [1.82, 2.24) is 4.90 Å². The van der Waals surface area contributed by atoms with Gasteiger partial charge in [0.25, 0.3) is 0 Å². The Morgan fingerprint density at radius 3 is 2.70 bits per heavy atom. The van der Waals surface area contributed by atoms with Crippen molar-refractivity contribution in [3.05, 3.63) is 29.3 Å². The molecule has 0 aromatic heterocycles. The fourth-order valence-corrected chi connectivity index (χ4v) is 3.28. The average molecular weight is 293 g/mol. The van der Waals surface area contributed by atoms with Gasteiger partial charge in [-0.1, -0.05) is 12.1 Å². The topological polar surface area (TPSA) is 29.5 Å². The minimum absolute atomic E-state index is 0.0701. The standard InChI is InChI=1S/C16H23NO2S/c1-11-12-7-6-8-14(20-5)13(12)9-10-17(11)15(18)19-16(2,3)4/h6-8,11H,9-10H2,1-5H3/t11-/m0/s1. The fourth-order valence-electron chi connectivity index (χ4n) is 2.60. The van der Waals surface area contributed by atoms with Crippen LogP contribution in [0.5, 0.6) is 0 Å². The summed E-state index contributed by atoms with van der Waals surface area (Å²) in [6, 6.07) is 6.41. The van der Waals surface area contributed by atoms with Gasteiger partial charge >= 0.3 is 6.09 Å². The lowest BCUT2D eigenvalue weighted by Crippen LogP contribution is -2.42. The van der Waals surface area contributed by atoms with Crippen molar-refractivity contribution in [3.8, 4) is 0 Å². The first-order valence-electron chi connectivity index (χ1n) is 6.99. The molecule has 2 rings (SSSR count). The van der Waals surface area contributed by atoms with E-state index in [0.29, 0.717) is 0 Å². The molecule has 0 radical (unpaired) electrons. The van der Waals surface area contributed by atoms with Crippen LogP contribution in [0.3, 0.4) is 0 Å². The molecule has 0 unspecified atom stereocenters. The van der Waals surface area contributed by atoms with E-state index in [4.69, 9.17) is 4.74 Å². The molecule has 1 aromatic carbocycles. The number of carbonyl (C=O) groups is 1. The normalized spacial score (nSPS) is 18.6. The monoisotopic (exact) mass is 293 g/mol. The molecule has 1 aliphatic heterocycles. The van der Waals surface area contributed by atoms with Gasteiger partial charge in [0.05, 0.1) is 6.04 Å². The van der Waals surface area contributed by atoms with Gasteiger partial charge in [-0.25, -0.2) is 4.79 Å². The molecule has 20 heavy (non-hydrogen) atoms. The number of carbonyl (C=O) groups excluding carboxylic acids is 1. The number of rotatable bonds is 1. The first kappa shape index (κ1) is 15.2. The molecule has 1 amide bonds. The third-order valence-corrected chi connectivity index (χ3v) is 4.36. The van der Waals surface area contributed by atoms with Gasteiger partial charge in [-0.05, 0) is 57.6 Å². The molecule has 0 saturated heterocycles. The molecule has 0 N–H and O–H groups in total. The Hall–Kier alpha value is -1.16. The highest BCUT2D eigenvalue weighted by Gasteiger charge is 2.31. The van der Waals surface area contributed by atoms with Gasteiger partial charge in [-0.2, -0.15) is 0 Å². The molecule has 0 saturated carbocycles. The van der Waals surface area contributed by atoms with E-state index in [1.54, 1.807) is 11.8 Å². The van der Waals surface area contributed by atoms with Crippen LogP contribution in [-0.4, -0.2) is 29.4 Å². The summed E-state index contributed by atoms with van der Waals surface area (Å²) in [7, 11) is 0. The van der Waals surface area contributed by atoms with Gasteiger partial charge < -0.3 is 9.64 Å². The smallest absolute Gasteiger partial charge is 0.410 e. The van der Waals surface area contributed by atoms with Crippen LogP contribution < -0.4 is 0 Å². The molecule has 0 bridgehead atoms. The summed E-state index contributed by atoms with van der Waals surface area (Å²) in [6.45, 7) is 8.50. The van der Waals surface area contributed by atoms with Crippen LogP contribution in [0.15, 0.2) is 23.1 Å². The van der Waals surface area contributed by atoms with Crippen molar-refractivity contribution >= 4 is 17.9 Å². The van der Waals surface area contributed by atoms with E-state index in [9.17, 15) is 4.79 Å². The van der Waals surface area contributed by atoms with Gasteiger partial charge in [-0.15, -0.1) is 11.8 Å². The summed E-state index contributed by atoms with van der Waals surface area (Å²) in [5, 5.41) is 0. The van der Waals surface area contributed by atoms with Crippen molar-refractivity contribution in [2.45, 2.75) is 50.7 Å². The van der Waals surface area contributed by atoms with Crippen LogP contribution in [0, 0.1) is 0 Å². The predicted octanol–water partition coefficient (Wildman–Crippen LogP) is 4.26. The van der Waals surface area contributed by atoms with Crippen molar-refractivity contribution < 1.29 is 9.53 Å². The summed E-state index contributed by atoms with van der Waals surface area (Å²) in [6.07, 6.45) is 2.78. The van der Waals surface area contributed by atoms with Crippen LogP contribution in [0.2, 0.25) is 0 Å². The highest BCUT2D eigenvalue weighted by molar-refractivity contribution is 7.98. The summed E-state index contributed by atoms with van der Waals surface area (Å²) in [5.74, 6) is 0. The summed E-state index contributed by atoms with van der Waals surface area (Å²) < 4.78 is 5.50. The van der Waals surface area contributed by atoms with Gasteiger partial charge in [-0.3, -0.25) is 0 Å². The molecule has 0 spiro atoms. The number of thioether (sulfide) groups is 1. The number of amides is 1. The lowest BCUT2D eigenvalue weighted by Gasteiger charge is -2.36. The number of benzene rings is 1. The van der Waals surface area contributed by atoms with Crippen molar-refractivity contribution in [2.24, 2.45) is 0 Å². The Kier molecular flexibility index (Phi) is 4.33. The molecule has 1 atom stereocenters. The second kappa shape index (κ2) is 5.68. The molecule has 1 aliphatic rings. The first-order valence-corrected chi connectivity index (χ1v) is 8.21. The minimum atomic E-state index is -0.446. The molecule has 3 nitrogen and oxygen atoms in total. The minimum Gasteiger partial charge on any atom is -0.444 e. The number of ether oxygens (including phenoxy) is 1. The Morgan fingerprint density at radius 2 is 2.10 bits per heavy atom. The number of hydrogen-bond acceptors (Lipinski definition) is 3. The van der Waals surface area contributed by atoms with E-state index in [-0.39, 0.29) is 12.1 Å². The maximum absolute atomic E-state index is 12.3. The first-order chi connectivity index (χ1) is 9.33. The SMILES string of the molecule is CSc1cccc2c1CCN(C(=O)OC(C)(C)C)[C@H]2C. The van der Waals surface area contributed by atoms with Crippen LogP contribution in [0.25, 0.3) is 0 Å². The molecule has 1 heterocycles. The van der Waals surface area contributed by atoms with Crippen LogP contribution in [0.1, 0.15) is 44.9 Å². The predicted molar refractivity (Wildman–Crippen MR) is 83.3 cm³/mol. The highest BCUT2D eigenvalue weighted by atomic mass is 32.2. The second-order valence-corrected chi connectivity index (χ2v) is 6.98. The van der Waals surface area contributed by atoms with Gasteiger partial charge in [0.2, 0.25) is 0 Å². The zero-order valence-corrected chi connectivity index (χ0v) is 13.7. The highest BCUT2D eigenvalue weighted by Crippen LogP contribution is 2.35. The van der Waals surface area contributed by atoms with E-state index in [0.717, 1.165) is 13.0 Å². The zero-order chi connectivity index (χ0) is 14.9. The molecular formula is C16H23NO2S. The molecule has 110 valence electrons. The van der Waals surface area contributed by atoms with Gasteiger partial charge in [0.1, 0.15) is 5.60 Å². The van der Waals surface area contributed by atoms with Crippen molar-refractivity contribution in [2.75, 3.05) is 12.8 Å². The van der Waals surface area contributed by atoms with Crippen molar-refractivity contribution in [1.29, 1.82) is 0 Å². The molecule has 0 fully saturated rings. The van der Waals surface area contributed by atoms with Gasteiger partial charge in [0, 0.05) is 11.4 Å². The van der Waals surface area contributed by atoms with E-state index in [2.05, 4.69) is 31.4 Å². The molecular weight excluding hydrogens is 270 g/mol. The Labute approximate surface area is 125 Å². The third-order valence-electron chi connectivity index (χ3n) is 3.54. The van der Waals surface area contributed by atoms with Crippen molar-refractivity contribution in [3.63, 3.8) is 0 Å². The lowest BCUT2D eigenvalue weighted by atomic mass is 9.94. The summed E-state index contributed by atoms with van der Waals surface area (Å²) in [5.41, 5.74) is 2.18. The molecule has 1 aromatic rings. The van der Waals surface area contributed by atoms with Crippen LogP contribution >= 0.6 is 11.8 Å². The largest absolute Gasteiger partial charge is 0.444 e.